The van der Waals surface area contributed by atoms with Gasteiger partial charge in [-0.15, -0.1) is 0 Å². The van der Waals surface area contributed by atoms with Gasteiger partial charge in [0, 0.05) is 25.5 Å². The fourth-order valence-corrected chi connectivity index (χ4v) is 3.82. The Bertz CT molecular complexity index is 940. The third kappa shape index (κ3) is 4.33. The number of urea groups is 1. The molecule has 0 radical (unpaired) electrons. The fraction of sp³-hybridized carbons (Fsp3) is 0.444. The van der Waals surface area contributed by atoms with E-state index in [0.29, 0.717) is 12.4 Å². The Morgan fingerprint density at radius 1 is 1.34 bits per heavy atom. The molecule has 2 aliphatic heterocycles. The molecular formula is C18H20F3N7O. The van der Waals surface area contributed by atoms with Crippen LogP contribution in [0.3, 0.4) is 0 Å². The van der Waals surface area contributed by atoms with E-state index >= 15 is 0 Å². The van der Waals surface area contributed by atoms with Crippen molar-refractivity contribution in [3.05, 3.63) is 36.4 Å². The summed E-state index contributed by atoms with van der Waals surface area (Å²) in [5, 5.41) is 9.14. The van der Waals surface area contributed by atoms with Gasteiger partial charge in [0.1, 0.15) is 6.54 Å². The average Bonchev–Trinajstić information content (AvgIpc) is 3.19. The maximum absolute atomic E-state index is 12.4. The van der Waals surface area contributed by atoms with Crippen LogP contribution in [-0.4, -0.2) is 55.5 Å². The Morgan fingerprint density at radius 3 is 2.86 bits per heavy atom. The van der Waals surface area contributed by atoms with E-state index in [1.165, 1.54) is 4.90 Å². The lowest BCUT2D eigenvalue weighted by molar-refractivity contribution is -0.123. The smallest absolute Gasteiger partial charge is 0.329 e. The summed E-state index contributed by atoms with van der Waals surface area (Å²) in [6.45, 7) is -1.33. The van der Waals surface area contributed by atoms with Gasteiger partial charge < -0.3 is 15.5 Å². The summed E-state index contributed by atoms with van der Waals surface area (Å²) in [4.78, 5) is 22.5. The first-order valence-electron chi connectivity index (χ1n) is 9.21. The van der Waals surface area contributed by atoms with Gasteiger partial charge in [-0.25, -0.2) is 14.8 Å². The molecule has 2 aliphatic rings. The number of nitrogens with one attached hydrogen (secondary N) is 2. The van der Waals surface area contributed by atoms with Crippen molar-refractivity contribution in [3.63, 3.8) is 0 Å². The summed E-state index contributed by atoms with van der Waals surface area (Å²) in [6.07, 6.45) is 4.61. The zero-order chi connectivity index (χ0) is 20.6. The van der Waals surface area contributed by atoms with Crippen LogP contribution < -0.4 is 10.6 Å². The van der Waals surface area contributed by atoms with Crippen molar-refractivity contribution in [2.45, 2.75) is 37.5 Å². The normalized spacial score (nSPS) is 21.1. The maximum atomic E-state index is 12.4. The van der Waals surface area contributed by atoms with Crippen molar-refractivity contribution in [1.29, 1.82) is 0 Å². The molecule has 4 rings (SSSR count). The van der Waals surface area contributed by atoms with E-state index in [1.807, 2.05) is 18.4 Å². The minimum atomic E-state index is -4.43. The molecule has 1 fully saturated rings. The van der Waals surface area contributed by atoms with E-state index in [2.05, 4.69) is 20.4 Å². The van der Waals surface area contributed by atoms with Crippen LogP contribution in [0.15, 0.2) is 30.7 Å². The predicted octanol–water partition coefficient (Wildman–Crippen LogP) is 2.85. The highest BCUT2D eigenvalue weighted by molar-refractivity contribution is 5.78. The summed E-state index contributed by atoms with van der Waals surface area (Å²) >= 11 is 0. The van der Waals surface area contributed by atoms with E-state index in [1.54, 1.807) is 29.3 Å². The second-order valence-corrected chi connectivity index (χ2v) is 7.17. The molecule has 0 aromatic carbocycles. The number of carbonyl (C=O) groups excluding carboxylic acids is 1. The van der Waals surface area contributed by atoms with Crippen LogP contribution in [0.25, 0.3) is 5.57 Å². The predicted molar refractivity (Wildman–Crippen MR) is 99.2 cm³/mol. The molecule has 1 saturated heterocycles. The Hall–Kier alpha value is -3.11. The van der Waals surface area contributed by atoms with E-state index in [4.69, 9.17) is 0 Å². The maximum Gasteiger partial charge on any atom is 0.405 e. The highest BCUT2D eigenvalue weighted by Crippen LogP contribution is 2.38. The number of hydrogen-bond acceptors (Lipinski definition) is 5. The first-order valence-corrected chi connectivity index (χ1v) is 9.21. The van der Waals surface area contributed by atoms with E-state index in [9.17, 15) is 18.0 Å². The molecular weight excluding hydrogens is 387 g/mol. The first-order chi connectivity index (χ1) is 13.8. The van der Waals surface area contributed by atoms with Crippen molar-refractivity contribution < 1.29 is 18.0 Å². The topological polar surface area (TPSA) is 88.0 Å². The Kier molecular flexibility index (Phi) is 4.89. The van der Waals surface area contributed by atoms with Crippen LogP contribution in [0, 0.1) is 0 Å². The monoisotopic (exact) mass is 407 g/mol. The standard InChI is InChI=1S/C18H20F3N7O/c1-27-9-12(8-24-27)25-16-22-5-4-15(26-16)11-6-13-2-3-14(7-11)28(13)17(29)23-10-18(19,20)21/h4-6,8-9,13-14H,2-3,7,10H2,1H3,(H,23,29)(H,22,25,26)/t13-,14+/m1/s1. The van der Waals surface area contributed by atoms with Crippen LogP contribution >= 0.6 is 0 Å². The van der Waals surface area contributed by atoms with E-state index in [-0.39, 0.29) is 12.1 Å². The second-order valence-electron chi connectivity index (χ2n) is 7.17. The number of hydrogen-bond donors (Lipinski definition) is 2. The van der Waals surface area contributed by atoms with Gasteiger partial charge in [0.25, 0.3) is 0 Å². The molecule has 0 unspecified atom stereocenters. The van der Waals surface area contributed by atoms with Crippen molar-refractivity contribution in [1.82, 2.24) is 30.0 Å². The van der Waals surface area contributed by atoms with Gasteiger partial charge in [0.05, 0.1) is 23.6 Å². The van der Waals surface area contributed by atoms with E-state index in [0.717, 1.165) is 29.8 Å². The zero-order valence-electron chi connectivity index (χ0n) is 15.6. The van der Waals surface area contributed by atoms with Crippen LogP contribution in [0.4, 0.5) is 29.6 Å². The molecule has 0 spiro atoms. The third-order valence-corrected chi connectivity index (χ3v) is 5.02. The number of rotatable bonds is 4. The lowest BCUT2D eigenvalue weighted by Gasteiger charge is -2.34. The van der Waals surface area contributed by atoms with E-state index < -0.39 is 18.8 Å². The summed E-state index contributed by atoms with van der Waals surface area (Å²) in [6, 6.07) is 0.741. The molecule has 11 heteroatoms. The number of halogens is 3. The van der Waals surface area contributed by atoms with Gasteiger partial charge >= 0.3 is 12.2 Å². The Balaban J connectivity index is 1.48. The summed E-state index contributed by atoms with van der Waals surface area (Å²) < 4.78 is 38.9. The summed E-state index contributed by atoms with van der Waals surface area (Å²) in [7, 11) is 1.81. The molecule has 2 N–H and O–H groups in total. The summed E-state index contributed by atoms with van der Waals surface area (Å²) in [5.74, 6) is 0.425. The molecule has 2 bridgehead atoms. The number of amides is 2. The number of aryl methyl sites for hydroxylation is 1. The van der Waals surface area contributed by atoms with Crippen molar-refractivity contribution in [2.75, 3.05) is 11.9 Å². The molecule has 4 heterocycles. The molecule has 8 nitrogen and oxygen atoms in total. The number of alkyl halides is 3. The SMILES string of the molecule is Cn1cc(Nc2nccc(C3=C[C@H]4CC[C@@H](C3)N4C(=O)NCC(F)(F)F)n2)cn1. The lowest BCUT2D eigenvalue weighted by atomic mass is 9.98. The molecule has 29 heavy (non-hydrogen) atoms. The van der Waals surface area contributed by atoms with Gasteiger partial charge in [-0.3, -0.25) is 4.68 Å². The highest BCUT2D eigenvalue weighted by Gasteiger charge is 2.41. The van der Waals surface area contributed by atoms with Gasteiger partial charge in [-0.05, 0) is 30.9 Å². The molecule has 2 amide bonds. The second kappa shape index (κ2) is 7.37. The molecule has 2 aromatic rings. The zero-order valence-corrected chi connectivity index (χ0v) is 15.6. The van der Waals surface area contributed by atoms with Crippen LogP contribution in [-0.2, 0) is 7.05 Å². The Labute approximate surface area is 164 Å². The van der Waals surface area contributed by atoms with Gasteiger partial charge in [-0.1, -0.05) is 6.08 Å². The number of fused-ring (bicyclic) bond motifs is 2. The third-order valence-electron chi connectivity index (χ3n) is 5.02. The van der Waals surface area contributed by atoms with Gasteiger partial charge in [-0.2, -0.15) is 18.3 Å². The number of anilines is 2. The number of carbonyl (C=O) groups is 1. The molecule has 0 aliphatic carbocycles. The number of nitrogens with zero attached hydrogens (tertiary/aromatic N) is 5. The quantitative estimate of drug-likeness (QED) is 0.814. The van der Waals surface area contributed by atoms with Gasteiger partial charge in [0.15, 0.2) is 0 Å². The van der Waals surface area contributed by atoms with Crippen LogP contribution in [0.1, 0.15) is 25.0 Å². The number of aromatic nitrogens is 4. The fourth-order valence-electron chi connectivity index (χ4n) is 3.82. The minimum absolute atomic E-state index is 0.141. The van der Waals surface area contributed by atoms with Crippen molar-refractivity contribution >= 4 is 23.2 Å². The van der Waals surface area contributed by atoms with Crippen molar-refractivity contribution in [3.8, 4) is 0 Å². The first kappa shape index (κ1) is 19.2. The molecule has 0 saturated carbocycles. The van der Waals surface area contributed by atoms with Crippen molar-refractivity contribution in [2.24, 2.45) is 7.05 Å². The minimum Gasteiger partial charge on any atom is -0.329 e. The molecule has 154 valence electrons. The Morgan fingerprint density at radius 2 is 2.17 bits per heavy atom. The average molecular weight is 407 g/mol. The van der Waals surface area contributed by atoms with Crippen LogP contribution in [0.5, 0.6) is 0 Å². The molecule has 2 atom stereocenters. The lowest BCUT2D eigenvalue weighted by Crippen LogP contribution is -2.50. The van der Waals surface area contributed by atoms with Crippen LogP contribution in [0.2, 0.25) is 0 Å². The van der Waals surface area contributed by atoms with Gasteiger partial charge in [0.2, 0.25) is 5.95 Å². The molecule has 2 aromatic heterocycles. The highest BCUT2D eigenvalue weighted by atomic mass is 19.4. The largest absolute Gasteiger partial charge is 0.405 e. The summed E-state index contributed by atoms with van der Waals surface area (Å²) in [5.41, 5.74) is 2.46.